The number of benzene rings is 1. The van der Waals surface area contributed by atoms with Crippen molar-refractivity contribution in [1.29, 1.82) is 0 Å². The molecule has 0 saturated carbocycles. The molecule has 1 aromatic carbocycles. The van der Waals surface area contributed by atoms with Crippen molar-refractivity contribution in [2.24, 2.45) is 5.14 Å². The summed E-state index contributed by atoms with van der Waals surface area (Å²) in [6.45, 7) is 2.63. The average Bonchev–Trinajstić information content (AvgIpc) is 3.39. The van der Waals surface area contributed by atoms with Crippen LogP contribution in [0, 0.1) is 6.92 Å². The van der Waals surface area contributed by atoms with Gasteiger partial charge in [0.15, 0.2) is 0 Å². The molecular formula is C19H17ClN4O3S3. The molecule has 1 amide bonds. The van der Waals surface area contributed by atoms with Crippen LogP contribution in [0.4, 0.5) is 0 Å². The third-order valence-corrected chi connectivity index (χ3v) is 8.49. The number of hydrogen-bond acceptors (Lipinski definition) is 6. The van der Waals surface area contributed by atoms with Crippen molar-refractivity contribution in [3.63, 3.8) is 0 Å². The number of halogens is 1. The minimum atomic E-state index is -3.73. The van der Waals surface area contributed by atoms with Crippen molar-refractivity contribution < 1.29 is 13.2 Å². The van der Waals surface area contributed by atoms with Gasteiger partial charge in [0.25, 0.3) is 5.91 Å². The summed E-state index contributed by atoms with van der Waals surface area (Å²) in [5, 5.41) is 14.1. The topological polar surface area (TPSA) is 107 Å². The Hall–Kier alpha value is -2.24. The minimum Gasteiger partial charge on any atom is -0.346 e. The molecule has 0 saturated heterocycles. The van der Waals surface area contributed by atoms with Crippen LogP contribution in [-0.2, 0) is 23.1 Å². The van der Waals surface area contributed by atoms with Gasteiger partial charge in [-0.3, -0.25) is 9.48 Å². The number of nitrogens with two attached hydrogens (primary N) is 1. The van der Waals surface area contributed by atoms with Gasteiger partial charge in [0.1, 0.15) is 9.04 Å². The second kappa shape index (κ2) is 8.12. The van der Waals surface area contributed by atoms with E-state index >= 15 is 0 Å². The van der Waals surface area contributed by atoms with Crippen LogP contribution in [0.5, 0.6) is 0 Å². The molecular weight excluding hydrogens is 464 g/mol. The molecule has 156 valence electrons. The van der Waals surface area contributed by atoms with Crippen LogP contribution in [-0.4, -0.2) is 24.1 Å². The number of rotatable bonds is 6. The zero-order chi connectivity index (χ0) is 21.5. The van der Waals surface area contributed by atoms with Crippen molar-refractivity contribution in [2.45, 2.75) is 24.2 Å². The summed E-state index contributed by atoms with van der Waals surface area (Å²) in [6, 6.07) is 12.5. The van der Waals surface area contributed by atoms with E-state index in [-0.39, 0.29) is 16.7 Å². The van der Waals surface area contributed by atoms with E-state index in [4.69, 9.17) is 16.7 Å². The van der Waals surface area contributed by atoms with Gasteiger partial charge in [0.2, 0.25) is 10.0 Å². The highest BCUT2D eigenvalue weighted by Crippen LogP contribution is 2.30. The summed E-state index contributed by atoms with van der Waals surface area (Å²) in [5.41, 5.74) is 1.79. The first-order chi connectivity index (χ1) is 14.2. The number of primary sulfonamides is 1. The molecule has 0 unspecified atom stereocenters. The zero-order valence-electron chi connectivity index (χ0n) is 15.8. The molecule has 3 heterocycles. The molecule has 4 rings (SSSR count). The lowest BCUT2D eigenvalue weighted by Gasteiger charge is -2.05. The number of carbonyl (C=O) groups excluding carboxylic acids is 1. The standard InChI is InChI=1S/C19H17ClN4O3S3/c1-11-14-8-16(18(25)22-9-13-6-7-17(28-13)30(21,26)27)29-19(14)24(23-11)10-12-4-2-3-5-15(12)20/h2-8H,9-10H2,1H3,(H,22,25)(H2,21,26,27). The Balaban J connectivity index is 1.52. The highest BCUT2D eigenvalue weighted by Gasteiger charge is 2.18. The van der Waals surface area contributed by atoms with Gasteiger partial charge in [-0.15, -0.1) is 22.7 Å². The molecule has 4 aromatic rings. The van der Waals surface area contributed by atoms with E-state index in [2.05, 4.69) is 10.4 Å². The van der Waals surface area contributed by atoms with Crippen LogP contribution >= 0.6 is 34.3 Å². The Kier molecular flexibility index (Phi) is 5.69. The van der Waals surface area contributed by atoms with E-state index in [1.165, 1.54) is 17.4 Å². The molecule has 0 radical (unpaired) electrons. The summed E-state index contributed by atoms with van der Waals surface area (Å²) in [4.78, 5) is 14.8. The van der Waals surface area contributed by atoms with E-state index in [0.29, 0.717) is 21.3 Å². The first kappa shape index (κ1) is 21.0. The van der Waals surface area contributed by atoms with E-state index in [1.807, 2.05) is 41.9 Å². The second-order valence-electron chi connectivity index (χ2n) is 6.61. The summed E-state index contributed by atoms with van der Waals surface area (Å²) in [7, 11) is -3.73. The van der Waals surface area contributed by atoms with Crippen molar-refractivity contribution in [2.75, 3.05) is 0 Å². The van der Waals surface area contributed by atoms with Crippen molar-refractivity contribution in [3.8, 4) is 0 Å². The van der Waals surface area contributed by atoms with E-state index < -0.39 is 10.0 Å². The SMILES string of the molecule is Cc1nn(Cc2ccccc2Cl)c2sc(C(=O)NCc3ccc(S(N)(=O)=O)s3)cc12. The lowest BCUT2D eigenvalue weighted by atomic mass is 10.2. The van der Waals surface area contributed by atoms with E-state index in [9.17, 15) is 13.2 Å². The summed E-state index contributed by atoms with van der Waals surface area (Å²) >= 11 is 8.67. The number of aromatic nitrogens is 2. The number of thiophene rings is 2. The average molecular weight is 481 g/mol. The largest absolute Gasteiger partial charge is 0.346 e. The lowest BCUT2D eigenvalue weighted by Crippen LogP contribution is -2.21. The predicted molar refractivity (Wildman–Crippen MR) is 120 cm³/mol. The molecule has 3 N–H and O–H groups in total. The first-order valence-electron chi connectivity index (χ1n) is 8.82. The first-order valence-corrected chi connectivity index (χ1v) is 12.4. The minimum absolute atomic E-state index is 0.0731. The Bertz CT molecular complexity index is 1350. The number of carbonyl (C=O) groups is 1. The molecule has 0 bridgehead atoms. The Morgan fingerprint density at radius 1 is 1.23 bits per heavy atom. The Labute approximate surface area is 186 Å². The van der Waals surface area contributed by atoms with Gasteiger partial charge in [0, 0.05) is 15.3 Å². The maximum atomic E-state index is 12.6. The van der Waals surface area contributed by atoms with E-state index in [1.54, 1.807) is 6.07 Å². The lowest BCUT2D eigenvalue weighted by molar-refractivity contribution is 0.0955. The van der Waals surface area contributed by atoms with Crippen LogP contribution in [0.1, 0.15) is 25.8 Å². The molecule has 11 heteroatoms. The van der Waals surface area contributed by atoms with Crippen LogP contribution in [0.25, 0.3) is 10.2 Å². The molecule has 30 heavy (non-hydrogen) atoms. The monoisotopic (exact) mass is 480 g/mol. The fourth-order valence-corrected chi connectivity index (χ4v) is 5.97. The summed E-state index contributed by atoms with van der Waals surface area (Å²) < 4.78 is 24.7. The third kappa shape index (κ3) is 4.28. The van der Waals surface area contributed by atoms with Crippen LogP contribution in [0.2, 0.25) is 5.02 Å². The van der Waals surface area contributed by atoms with Gasteiger partial charge < -0.3 is 5.32 Å². The van der Waals surface area contributed by atoms with Crippen LogP contribution in [0.3, 0.4) is 0 Å². The molecule has 0 aliphatic carbocycles. The maximum Gasteiger partial charge on any atom is 0.261 e. The van der Waals surface area contributed by atoms with Crippen LogP contribution in [0.15, 0.2) is 46.7 Å². The highest BCUT2D eigenvalue weighted by atomic mass is 35.5. The Morgan fingerprint density at radius 3 is 2.70 bits per heavy atom. The normalized spacial score (nSPS) is 11.8. The Morgan fingerprint density at radius 2 is 2.00 bits per heavy atom. The fourth-order valence-electron chi connectivity index (χ4n) is 2.98. The molecule has 0 aliphatic rings. The number of aryl methyl sites for hydroxylation is 1. The number of amides is 1. The fraction of sp³-hybridized carbons (Fsp3) is 0.158. The number of nitrogens with zero attached hydrogens (tertiary/aromatic N) is 2. The quantitative estimate of drug-likeness (QED) is 0.438. The van der Waals surface area contributed by atoms with Crippen LogP contribution < -0.4 is 10.5 Å². The molecule has 3 aromatic heterocycles. The third-order valence-electron chi connectivity index (χ3n) is 4.45. The number of nitrogens with one attached hydrogen (secondary N) is 1. The van der Waals surface area contributed by atoms with Gasteiger partial charge in [-0.05, 0) is 36.8 Å². The van der Waals surface area contributed by atoms with Gasteiger partial charge in [0.05, 0.1) is 23.7 Å². The number of fused-ring (bicyclic) bond motifs is 1. The maximum absolute atomic E-state index is 12.6. The zero-order valence-corrected chi connectivity index (χ0v) is 19.0. The highest BCUT2D eigenvalue weighted by molar-refractivity contribution is 7.91. The smallest absolute Gasteiger partial charge is 0.261 e. The van der Waals surface area contributed by atoms with Crippen molar-refractivity contribution >= 4 is 60.4 Å². The second-order valence-corrected chi connectivity index (χ2v) is 11.0. The van der Waals surface area contributed by atoms with Crippen molar-refractivity contribution in [3.05, 3.63) is 68.5 Å². The molecule has 0 atom stereocenters. The molecule has 0 aliphatic heterocycles. The summed E-state index contributed by atoms with van der Waals surface area (Å²) in [6.07, 6.45) is 0. The molecule has 0 fully saturated rings. The van der Waals surface area contributed by atoms with Crippen molar-refractivity contribution in [1.82, 2.24) is 15.1 Å². The predicted octanol–water partition coefficient (Wildman–Crippen LogP) is 3.75. The molecule has 7 nitrogen and oxygen atoms in total. The van der Waals surface area contributed by atoms with Gasteiger partial charge in [-0.1, -0.05) is 29.8 Å². The van der Waals surface area contributed by atoms with Gasteiger partial charge in [-0.25, -0.2) is 13.6 Å². The van der Waals surface area contributed by atoms with E-state index in [0.717, 1.165) is 32.8 Å². The van der Waals surface area contributed by atoms with Gasteiger partial charge >= 0.3 is 0 Å². The van der Waals surface area contributed by atoms with Gasteiger partial charge in [-0.2, -0.15) is 5.10 Å². The number of sulfonamides is 1. The summed E-state index contributed by atoms with van der Waals surface area (Å²) in [5.74, 6) is -0.231. The number of hydrogen-bond donors (Lipinski definition) is 2. The molecule has 0 spiro atoms.